The predicted octanol–water partition coefficient (Wildman–Crippen LogP) is 3.45. The molecule has 0 aliphatic carbocycles. The highest BCUT2D eigenvalue weighted by atomic mass is 19.4. The Morgan fingerprint density at radius 1 is 1.14 bits per heavy atom. The van der Waals surface area contributed by atoms with E-state index in [2.05, 4.69) is 24.3 Å². The zero-order chi connectivity index (χ0) is 15.5. The monoisotopic (exact) mass is 297 g/mol. The second-order valence-electron chi connectivity index (χ2n) is 5.23. The van der Waals surface area contributed by atoms with E-state index in [9.17, 15) is 13.2 Å². The predicted molar refractivity (Wildman–Crippen MR) is 74.7 cm³/mol. The fourth-order valence-electron chi connectivity index (χ4n) is 1.88. The van der Waals surface area contributed by atoms with Crippen molar-refractivity contribution in [3.63, 3.8) is 0 Å². The van der Waals surface area contributed by atoms with Crippen molar-refractivity contribution in [2.75, 3.05) is 0 Å². The van der Waals surface area contributed by atoms with Crippen LogP contribution in [0, 0.1) is 0 Å². The summed E-state index contributed by atoms with van der Waals surface area (Å²) in [5, 5.41) is 7.64. The summed E-state index contributed by atoms with van der Waals surface area (Å²) >= 11 is 0. The molecule has 0 saturated heterocycles. The Kier molecular flexibility index (Phi) is 4.67. The summed E-state index contributed by atoms with van der Waals surface area (Å²) in [6, 6.07) is 7.44. The lowest BCUT2D eigenvalue weighted by Gasteiger charge is -2.08. The first kappa shape index (κ1) is 15.6. The largest absolute Gasteiger partial charge is 0.416 e. The van der Waals surface area contributed by atoms with Gasteiger partial charge in [-0.2, -0.15) is 18.3 Å². The molecule has 1 aromatic carbocycles. The smallest absolute Gasteiger partial charge is 0.309 e. The molecule has 114 valence electrons. The Labute approximate surface area is 121 Å². The minimum Gasteiger partial charge on any atom is -0.309 e. The highest BCUT2D eigenvalue weighted by Crippen LogP contribution is 2.29. The van der Waals surface area contributed by atoms with Crippen LogP contribution >= 0.6 is 0 Å². The van der Waals surface area contributed by atoms with Crippen LogP contribution in [0.5, 0.6) is 0 Å². The standard InChI is InChI=1S/C15H18F3N3/c1-11(2)19-9-14-7-8-21(20-14)10-12-3-5-13(6-4-12)15(16,17)18/h3-8,11,19H,9-10H2,1-2H3. The van der Waals surface area contributed by atoms with E-state index >= 15 is 0 Å². The number of rotatable bonds is 5. The van der Waals surface area contributed by atoms with Crippen molar-refractivity contribution in [1.82, 2.24) is 15.1 Å². The lowest BCUT2D eigenvalue weighted by Crippen LogP contribution is -2.22. The van der Waals surface area contributed by atoms with Crippen LogP contribution < -0.4 is 5.32 Å². The number of halogens is 3. The molecule has 0 bridgehead atoms. The summed E-state index contributed by atoms with van der Waals surface area (Å²) in [7, 11) is 0. The van der Waals surface area contributed by atoms with Crippen LogP contribution in [-0.4, -0.2) is 15.8 Å². The molecular weight excluding hydrogens is 279 g/mol. The molecular formula is C15H18F3N3. The third-order valence-electron chi connectivity index (χ3n) is 3.01. The van der Waals surface area contributed by atoms with Crippen LogP contribution in [0.2, 0.25) is 0 Å². The molecule has 3 nitrogen and oxygen atoms in total. The van der Waals surface area contributed by atoms with Crippen molar-refractivity contribution in [3.05, 3.63) is 53.3 Å². The molecule has 2 aromatic rings. The van der Waals surface area contributed by atoms with Gasteiger partial charge in [0.1, 0.15) is 0 Å². The summed E-state index contributed by atoms with van der Waals surface area (Å²) in [4.78, 5) is 0. The van der Waals surface area contributed by atoms with E-state index in [1.807, 2.05) is 12.3 Å². The van der Waals surface area contributed by atoms with E-state index in [0.717, 1.165) is 23.4 Å². The minimum absolute atomic E-state index is 0.380. The van der Waals surface area contributed by atoms with Crippen LogP contribution in [0.4, 0.5) is 13.2 Å². The van der Waals surface area contributed by atoms with Gasteiger partial charge in [-0.25, -0.2) is 0 Å². The van der Waals surface area contributed by atoms with Crippen LogP contribution in [-0.2, 0) is 19.3 Å². The SMILES string of the molecule is CC(C)NCc1ccn(Cc2ccc(C(F)(F)F)cc2)n1. The van der Waals surface area contributed by atoms with Gasteiger partial charge in [0.15, 0.2) is 0 Å². The number of hydrogen-bond donors (Lipinski definition) is 1. The minimum atomic E-state index is -4.29. The van der Waals surface area contributed by atoms with Gasteiger partial charge in [-0.1, -0.05) is 26.0 Å². The molecule has 0 saturated carbocycles. The second-order valence-corrected chi connectivity index (χ2v) is 5.23. The molecule has 0 unspecified atom stereocenters. The van der Waals surface area contributed by atoms with Gasteiger partial charge < -0.3 is 5.32 Å². The molecule has 2 rings (SSSR count). The Morgan fingerprint density at radius 2 is 1.81 bits per heavy atom. The Hall–Kier alpha value is -1.82. The third-order valence-corrected chi connectivity index (χ3v) is 3.01. The molecule has 6 heteroatoms. The topological polar surface area (TPSA) is 29.9 Å². The maximum absolute atomic E-state index is 12.5. The molecule has 0 radical (unpaired) electrons. The number of hydrogen-bond acceptors (Lipinski definition) is 2. The number of benzene rings is 1. The van der Waals surface area contributed by atoms with E-state index in [4.69, 9.17) is 0 Å². The van der Waals surface area contributed by atoms with Crippen LogP contribution in [0.3, 0.4) is 0 Å². The maximum atomic E-state index is 12.5. The zero-order valence-electron chi connectivity index (χ0n) is 12.0. The van der Waals surface area contributed by atoms with Crippen LogP contribution in [0.25, 0.3) is 0 Å². The highest BCUT2D eigenvalue weighted by Gasteiger charge is 2.29. The number of alkyl halides is 3. The fraction of sp³-hybridized carbons (Fsp3) is 0.400. The summed E-state index contributed by atoms with van der Waals surface area (Å²) in [5.74, 6) is 0. The average molecular weight is 297 g/mol. The molecule has 21 heavy (non-hydrogen) atoms. The Bertz CT molecular complexity index is 571. The Morgan fingerprint density at radius 3 is 2.38 bits per heavy atom. The summed E-state index contributed by atoms with van der Waals surface area (Å²) in [5.41, 5.74) is 1.07. The summed E-state index contributed by atoms with van der Waals surface area (Å²) < 4.78 is 39.1. The van der Waals surface area contributed by atoms with Crippen molar-refractivity contribution in [2.24, 2.45) is 0 Å². The number of nitrogens with one attached hydrogen (secondary N) is 1. The first-order valence-corrected chi connectivity index (χ1v) is 6.76. The van der Waals surface area contributed by atoms with Crippen LogP contribution in [0.15, 0.2) is 36.5 Å². The molecule has 1 aromatic heterocycles. The molecule has 0 atom stereocenters. The average Bonchev–Trinajstić information content (AvgIpc) is 2.83. The Balaban J connectivity index is 1.98. The van der Waals surface area contributed by atoms with Gasteiger partial charge in [-0.3, -0.25) is 4.68 Å². The molecule has 0 spiro atoms. The van der Waals surface area contributed by atoms with Crippen LogP contribution in [0.1, 0.15) is 30.7 Å². The normalized spacial score (nSPS) is 12.1. The van der Waals surface area contributed by atoms with E-state index in [1.165, 1.54) is 12.1 Å². The second kappa shape index (κ2) is 6.30. The van der Waals surface area contributed by atoms with Gasteiger partial charge in [0.05, 0.1) is 17.8 Å². The lowest BCUT2D eigenvalue weighted by atomic mass is 10.1. The van der Waals surface area contributed by atoms with Gasteiger partial charge in [-0.15, -0.1) is 0 Å². The maximum Gasteiger partial charge on any atom is 0.416 e. The van der Waals surface area contributed by atoms with E-state index in [0.29, 0.717) is 19.1 Å². The van der Waals surface area contributed by atoms with Crippen molar-refractivity contribution >= 4 is 0 Å². The molecule has 1 N–H and O–H groups in total. The molecule has 1 heterocycles. The van der Waals surface area contributed by atoms with E-state index in [-0.39, 0.29) is 0 Å². The van der Waals surface area contributed by atoms with Crippen molar-refractivity contribution < 1.29 is 13.2 Å². The number of aromatic nitrogens is 2. The van der Waals surface area contributed by atoms with E-state index in [1.54, 1.807) is 4.68 Å². The van der Waals surface area contributed by atoms with Crippen molar-refractivity contribution in [1.29, 1.82) is 0 Å². The van der Waals surface area contributed by atoms with Crippen molar-refractivity contribution in [2.45, 2.75) is 39.2 Å². The van der Waals surface area contributed by atoms with E-state index < -0.39 is 11.7 Å². The fourth-order valence-corrected chi connectivity index (χ4v) is 1.88. The van der Waals surface area contributed by atoms with Gasteiger partial charge in [0, 0.05) is 18.8 Å². The highest BCUT2D eigenvalue weighted by molar-refractivity contribution is 5.24. The van der Waals surface area contributed by atoms with Crippen molar-refractivity contribution in [3.8, 4) is 0 Å². The summed E-state index contributed by atoms with van der Waals surface area (Å²) in [6.07, 6.45) is -2.46. The van der Waals surface area contributed by atoms with Gasteiger partial charge in [0.2, 0.25) is 0 Å². The quantitative estimate of drug-likeness (QED) is 0.916. The van der Waals surface area contributed by atoms with Gasteiger partial charge in [-0.05, 0) is 23.8 Å². The molecule has 0 aliphatic rings. The molecule has 0 amide bonds. The molecule has 0 aliphatic heterocycles. The van der Waals surface area contributed by atoms with Gasteiger partial charge in [0.25, 0.3) is 0 Å². The third kappa shape index (κ3) is 4.60. The lowest BCUT2D eigenvalue weighted by molar-refractivity contribution is -0.137. The van der Waals surface area contributed by atoms with Gasteiger partial charge >= 0.3 is 6.18 Å². The zero-order valence-corrected chi connectivity index (χ0v) is 12.0. The summed E-state index contributed by atoms with van der Waals surface area (Å²) in [6.45, 7) is 5.25. The first-order valence-electron chi connectivity index (χ1n) is 6.76. The first-order chi connectivity index (χ1) is 9.84. The number of nitrogens with zero attached hydrogens (tertiary/aromatic N) is 2. The molecule has 0 fully saturated rings.